The third-order valence-electron chi connectivity index (χ3n) is 4.40. The van der Waals surface area contributed by atoms with Crippen molar-refractivity contribution in [3.8, 4) is 0 Å². The number of rotatable bonds is 14. The van der Waals surface area contributed by atoms with Gasteiger partial charge in [0.2, 0.25) is 11.8 Å². The zero-order chi connectivity index (χ0) is 20.8. The predicted octanol–water partition coefficient (Wildman–Crippen LogP) is 0.483. The quantitative estimate of drug-likeness (QED) is 0.225. The van der Waals surface area contributed by atoms with Crippen LogP contribution in [-0.4, -0.2) is 59.5 Å². The number of nitrogens with one attached hydrogen (secondary N) is 2. The highest BCUT2D eigenvalue weighted by molar-refractivity contribution is 7.98. The van der Waals surface area contributed by atoms with Crippen LogP contribution in [0.25, 0.3) is 0 Å². The number of thioether (sulfide) groups is 1. The van der Waals surface area contributed by atoms with Gasteiger partial charge in [-0.2, -0.15) is 11.8 Å². The Kier molecular flexibility index (Phi) is 12.6. The third-order valence-corrected chi connectivity index (χ3v) is 5.05. The fraction of sp³-hybridized carbons (Fsp3) is 0.579. The van der Waals surface area contributed by atoms with E-state index in [1.54, 1.807) is 11.8 Å². The molecular weight excluding hydrogens is 377 g/mol. The molecule has 0 saturated carbocycles. The van der Waals surface area contributed by atoms with Crippen LogP contribution < -0.4 is 16.4 Å². The molecule has 0 heterocycles. The summed E-state index contributed by atoms with van der Waals surface area (Å²) in [5, 5.41) is 24.5. The number of unbranched alkanes of at least 4 members (excludes halogenated alkanes) is 1. The highest BCUT2D eigenvalue weighted by atomic mass is 32.2. The van der Waals surface area contributed by atoms with Crippen LogP contribution in [0.2, 0.25) is 0 Å². The van der Waals surface area contributed by atoms with Gasteiger partial charge in [-0.3, -0.25) is 9.59 Å². The van der Waals surface area contributed by atoms with E-state index in [1.807, 2.05) is 36.6 Å². The molecule has 0 aromatic heterocycles. The lowest BCUT2D eigenvalue weighted by Gasteiger charge is -2.23. The fourth-order valence-corrected chi connectivity index (χ4v) is 3.24. The van der Waals surface area contributed by atoms with E-state index in [0.29, 0.717) is 38.0 Å². The first kappa shape index (κ1) is 24.5. The zero-order valence-electron chi connectivity index (χ0n) is 16.5. The summed E-state index contributed by atoms with van der Waals surface area (Å²) in [6.07, 6.45) is 5.12. The van der Waals surface area contributed by atoms with Crippen molar-refractivity contribution >= 4 is 30.7 Å². The topological polar surface area (TPSA) is 125 Å². The average Bonchev–Trinajstić information content (AvgIpc) is 2.69. The number of hydrogen-bond donors (Lipinski definition) is 5. The van der Waals surface area contributed by atoms with Crippen molar-refractivity contribution < 1.29 is 19.6 Å². The lowest BCUT2D eigenvalue weighted by atomic mass is 9.77. The second-order valence-electron chi connectivity index (χ2n) is 6.70. The van der Waals surface area contributed by atoms with Gasteiger partial charge in [0.05, 0.1) is 5.94 Å². The lowest BCUT2D eigenvalue weighted by molar-refractivity contribution is -0.129. The van der Waals surface area contributed by atoms with Crippen molar-refractivity contribution in [2.75, 3.05) is 18.6 Å². The highest BCUT2D eigenvalue weighted by Crippen LogP contribution is 2.07. The molecule has 0 aliphatic rings. The summed E-state index contributed by atoms with van der Waals surface area (Å²) in [4.78, 5) is 25.0. The van der Waals surface area contributed by atoms with Crippen molar-refractivity contribution in [2.45, 2.75) is 50.5 Å². The van der Waals surface area contributed by atoms with Crippen LogP contribution in [0.5, 0.6) is 0 Å². The molecular formula is C19H32BN3O4S. The minimum absolute atomic E-state index is 0.207. The van der Waals surface area contributed by atoms with E-state index in [0.717, 1.165) is 12.0 Å². The summed E-state index contributed by atoms with van der Waals surface area (Å²) in [5.41, 5.74) is 6.58. The van der Waals surface area contributed by atoms with Gasteiger partial charge in [0.15, 0.2) is 0 Å². The van der Waals surface area contributed by atoms with Crippen molar-refractivity contribution in [3.63, 3.8) is 0 Å². The fourth-order valence-electron chi connectivity index (χ4n) is 2.75. The molecule has 0 radical (unpaired) electrons. The molecule has 1 rings (SSSR count). The number of nitrogens with two attached hydrogens (primary N) is 1. The van der Waals surface area contributed by atoms with E-state index < -0.39 is 25.0 Å². The van der Waals surface area contributed by atoms with E-state index >= 15 is 0 Å². The van der Waals surface area contributed by atoms with Crippen LogP contribution in [0.15, 0.2) is 30.3 Å². The summed E-state index contributed by atoms with van der Waals surface area (Å²) in [6.45, 7) is 0.516. The molecule has 0 aliphatic carbocycles. The number of amides is 2. The van der Waals surface area contributed by atoms with E-state index in [4.69, 9.17) is 5.73 Å². The van der Waals surface area contributed by atoms with Gasteiger partial charge in [0.1, 0.15) is 6.04 Å². The van der Waals surface area contributed by atoms with E-state index in [2.05, 4.69) is 10.6 Å². The van der Waals surface area contributed by atoms with Crippen LogP contribution in [0, 0.1) is 0 Å². The van der Waals surface area contributed by atoms with Crippen molar-refractivity contribution in [1.82, 2.24) is 10.6 Å². The van der Waals surface area contributed by atoms with Crippen LogP contribution in [-0.2, 0) is 16.0 Å². The Morgan fingerprint density at radius 2 is 1.86 bits per heavy atom. The molecule has 0 bridgehead atoms. The Morgan fingerprint density at radius 1 is 1.14 bits per heavy atom. The van der Waals surface area contributed by atoms with Gasteiger partial charge in [-0.25, -0.2) is 0 Å². The molecule has 0 aliphatic heterocycles. The average molecular weight is 409 g/mol. The molecule has 6 N–H and O–H groups in total. The summed E-state index contributed by atoms with van der Waals surface area (Å²) in [6, 6.07) is 8.96. The highest BCUT2D eigenvalue weighted by Gasteiger charge is 2.28. The molecule has 1 aromatic carbocycles. The second kappa shape index (κ2) is 14.5. The maximum atomic E-state index is 12.6. The molecule has 156 valence electrons. The molecule has 0 saturated heterocycles. The van der Waals surface area contributed by atoms with Gasteiger partial charge in [-0.15, -0.1) is 0 Å². The number of benzene rings is 1. The number of carbonyl (C=O) groups excluding carboxylic acids is 2. The SMILES string of the molecule is CSCC[C@H](NC(=O)[C@H](CCCCN)NC(=O)CCc1ccccc1)B(O)O. The van der Waals surface area contributed by atoms with Crippen LogP contribution in [0.1, 0.15) is 37.7 Å². The van der Waals surface area contributed by atoms with Gasteiger partial charge in [0, 0.05) is 6.42 Å². The Labute approximate surface area is 172 Å². The van der Waals surface area contributed by atoms with Crippen molar-refractivity contribution in [2.24, 2.45) is 5.73 Å². The molecule has 0 fully saturated rings. The maximum absolute atomic E-state index is 12.6. The molecule has 2 atom stereocenters. The minimum atomic E-state index is -1.64. The van der Waals surface area contributed by atoms with Crippen LogP contribution >= 0.6 is 11.8 Å². The Hall–Kier alpha value is -1.55. The normalized spacial score (nSPS) is 12.9. The summed E-state index contributed by atoms with van der Waals surface area (Å²) in [7, 11) is -1.64. The van der Waals surface area contributed by atoms with Gasteiger partial charge < -0.3 is 26.4 Å². The van der Waals surface area contributed by atoms with Crippen LogP contribution in [0.4, 0.5) is 0 Å². The molecule has 2 amide bonds. The lowest BCUT2D eigenvalue weighted by Crippen LogP contribution is -2.54. The molecule has 0 unspecified atom stereocenters. The first-order chi connectivity index (χ1) is 13.5. The van der Waals surface area contributed by atoms with Gasteiger partial charge in [0.25, 0.3) is 0 Å². The predicted molar refractivity (Wildman–Crippen MR) is 115 cm³/mol. The molecule has 9 heteroatoms. The third kappa shape index (κ3) is 10.1. The summed E-state index contributed by atoms with van der Waals surface area (Å²) < 4.78 is 0. The largest absolute Gasteiger partial charge is 0.475 e. The molecule has 0 spiro atoms. The second-order valence-corrected chi connectivity index (χ2v) is 7.69. The van der Waals surface area contributed by atoms with Gasteiger partial charge in [-0.1, -0.05) is 30.3 Å². The standard InChI is InChI=1S/C19H32BN3O4S/c1-28-14-12-17(20(26)27)23-19(25)16(9-5-6-13-21)22-18(24)11-10-15-7-3-2-4-8-15/h2-4,7-8,16-17,26-27H,5-6,9-14,21H2,1H3,(H,22,24)(H,23,25)/t16-,17-/m0/s1. The zero-order valence-corrected chi connectivity index (χ0v) is 17.3. The maximum Gasteiger partial charge on any atom is 0.475 e. The number of aryl methyl sites for hydroxylation is 1. The van der Waals surface area contributed by atoms with E-state index in [1.165, 1.54) is 0 Å². The van der Waals surface area contributed by atoms with Crippen LogP contribution in [0.3, 0.4) is 0 Å². The summed E-state index contributed by atoms with van der Waals surface area (Å²) in [5.74, 6) is -0.687. The first-order valence-electron chi connectivity index (χ1n) is 9.66. The van der Waals surface area contributed by atoms with E-state index in [-0.39, 0.29) is 12.3 Å². The molecule has 7 nitrogen and oxygen atoms in total. The Balaban J connectivity index is 2.63. The van der Waals surface area contributed by atoms with Crippen molar-refractivity contribution in [1.29, 1.82) is 0 Å². The first-order valence-corrected chi connectivity index (χ1v) is 11.1. The monoisotopic (exact) mass is 409 g/mol. The smallest absolute Gasteiger partial charge is 0.426 e. The Bertz CT molecular complexity index is 578. The molecule has 28 heavy (non-hydrogen) atoms. The number of hydrogen-bond acceptors (Lipinski definition) is 6. The van der Waals surface area contributed by atoms with Crippen molar-refractivity contribution in [3.05, 3.63) is 35.9 Å². The van der Waals surface area contributed by atoms with E-state index in [9.17, 15) is 19.6 Å². The van der Waals surface area contributed by atoms with Gasteiger partial charge in [-0.05, 0) is 56.2 Å². The molecule has 1 aromatic rings. The van der Waals surface area contributed by atoms with Gasteiger partial charge >= 0.3 is 7.12 Å². The number of carbonyl (C=O) groups is 2. The summed E-state index contributed by atoms with van der Waals surface area (Å²) >= 11 is 1.56. The minimum Gasteiger partial charge on any atom is -0.426 e. The Morgan fingerprint density at radius 3 is 2.46 bits per heavy atom.